The summed E-state index contributed by atoms with van der Waals surface area (Å²) in [4.78, 5) is 56.7. The fourth-order valence-corrected chi connectivity index (χ4v) is 5.10. The number of carbonyl (C=O) groups is 3. The van der Waals surface area contributed by atoms with Crippen molar-refractivity contribution in [3.63, 3.8) is 0 Å². The second-order valence-electron chi connectivity index (χ2n) is 9.55. The fraction of sp³-hybridized carbons (Fsp3) is 0.370. The average molecular weight is 506 g/mol. The van der Waals surface area contributed by atoms with E-state index in [0.717, 1.165) is 29.3 Å². The molecule has 2 fully saturated rings. The van der Waals surface area contributed by atoms with Gasteiger partial charge in [0.2, 0.25) is 11.8 Å². The average Bonchev–Trinajstić information content (AvgIpc) is 3.64. The predicted molar refractivity (Wildman–Crippen MR) is 139 cm³/mol. The Kier molecular flexibility index (Phi) is 7.02. The zero-order valence-electron chi connectivity index (χ0n) is 19.9. The number of benzene rings is 2. The number of fused-ring (bicyclic) bond motifs is 1. The Morgan fingerprint density at radius 3 is 2.51 bits per heavy atom. The van der Waals surface area contributed by atoms with Crippen LogP contribution in [-0.4, -0.2) is 63.1 Å². The summed E-state index contributed by atoms with van der Waals surface area (Å²) in [7, 11) is 0. The highest BCUT2D eigenvalue weighted by Gasteiger charge is 2.39. The second kappa shape index (κ2) is 10.0. The molecule has 5 rings (SSSR count). The normalized spacial score (nSPS) is 17.4. The third-order valence-electron chi connectivity index (χ3n) is 7.13. The maximum absolute atomic E-state index is 13.8. The number of aromatic nitrogens is 1. The molecule has 1 unspecified atom stereocenters. The van der Waals surface area contributed by atoms with E-state index in [1.54, 1.807) is 11.1 Å². The van der Waals surface area contributed by atoms with E-state index in [-0.39, 0.29) is 67.2 Å². The first-order valence-electron chi connectivity index (χ1n) is 12.0. The van der Waals surface area contributed by atoms with Gasteiger partial charge in [-0.3, -0.25) is 24.5 Å². The lowest BCUT2D eigenvalue weighted by molar-refractivity contribution is -0.385. The van der Waals surface area contributed by atoms with Crippen molar-refractivity contribution < 1.29 is 19.3 Å². The minimum absolute atomic E-state index is 0. The number of nitro benzene ring substituents is 1. The van der Waals surface area contributed by atoms with Gasteiger partial charge in [-0.05, 0) is 43.0 Å². The Labute approximate surface area is 214 Å². The summed E-state index contributed by atoms with van der Waals surface area (Å²) in [5.41, 5.74) is 7.12. The van der Waals surface area contributed by atoms with Gasteiger partial charge in [0.1, 0.15) is 5.56 Å². The van der Waals surface area contributed by atoms with Crippen molar-refractivity contribution in [3.05, 3.63) is 75.0 Å². The zero-order valence-corrected chi connectivity index (χ0v) is 19.9. The highest BCUT2D eigenvalue weighted by Crippen LogP contribution is 2.34. The van der Waals surface area contributed by atoms with Crippen LogP contribution in [0.4, 0.5) is 5.69 Å². The molecule has 0 radical (unpaired) electrons. The largest absolute Gasteiger partial charge is 0.366 e. The summed E-state index contributed by atoms with van der Waals surface area (Å²) in [6, 6.07) is 9.83. The smallest absolute Gasteiger partial charge is 0.282 e. The van der Waals surface area contributed by atoms with Crippen molar-refractivity contribution in [2.24, 2.45) is 11.7 Å². The van der Waals surface area contributed by atoms with E-state index in [2.05, 4.69) is 4.98 Å². The number of nitrogens with zero attached hydrogens (tertiary/aromatic N) is 3. The van der Waals surface area contributed by atoms with Gasteiger partial charge >= 0.3 is 0 Å². The van der Waals surface area contributed by atoms with Crippen LogP contribution in [-0.2, 0) is 11.2 Å². The van der Waals surface area contributed by atoms with Gasteiger partial charge in [-0.15, -0.1) is 0 Å². The number of primary amides is 1. The molecule has 1 aliphatic carbocycles. The van der Waals surface area contributed by atoms with Gasteiger partial charge < -0.3 is 20.5 Å². The first-order valence-corrected chi connectivity index (χ1v) is 12.0. The van der Waals surface area contributed by atoms with E-state index in [1.165, 1.54) is 17.0 Å². The van der Waals surface area contributed by atoms with E-state index in [0.29, 0.717) is 6.54 Å². The molecule has 2 aliphatic rings. The van der Waals surface area contributed by atoms with Gasteiger partial charge in [0.25, 0.3) is 11.6 Å². The molecule has 1 atom stereocenters. The molecule has 2 heterocycles. The number of nitrogens with one attached hydrogen (secondary N) is 1. The van der Waals surface area contributed by atoms with Crippen molar-refractivity contribution >= 4 is 34.3 Å². The van der Waals surface area contributed by atoms with E-state index in [9.17, 15) is 24.5 Å². The summed E-state index contributed by atoms with van der Waals surface area (Å²) in [5.74, 6) is -1.12. The maximum atomic E-state index is 13.8. The molecule has 194 valence electrons. The predicted octanol–water partition coefficient (Wildman–Crippen LogP) is 3.48. The zero-order chi connectivity index (χ0) is 25.6. The number of H-pyrrole nitrogens is 1. The number of carbonyl (C=O) groups excluding carboxylic acids is 3. The quantitative estimate of drug-likeness (QED) is 0.389. The van der Waals surface area contributed by atoms with Crippen LogP contribution in [0.5, 0.6) is 0 Å². The summed E-state index contributed by atoms with van der Waals surface area (Å²) < 4.78 is 0. The van der Waals surface area contributed by atoms with Crippen molar-refractivity contribution in [2.45, 2.75) is 39.7 Å². The van der Waals surface area contributed by atoms with Gasteiger partial charge in [0.15, 0.2) is 0 Å². The van der Waals surface area contributed by atoms with Crippen molar-refractivity contribution in [3.8, 4) is 0 Å². The molecular formula is C27H31N5O5. The van der Waals surface area contributed by atoms with Crippen LogP contribution in [0, 0.1) is 16.0 Å². The third-order valence-corrected chi connectivity index (χ3v) is 7.13. The molecule has 0 bridgehead atoms. The van der Waals surface area contributed by atoms with Crippen LogP contribution in [0.15, 0.2) is 42.6 Å². The first kappa shape index (κ1) is 25.9. The number of rotatable bonds is 6. The molecule has 3 N–H and O–H groups in total. The van der Waals surface area contributed by atoms with E-state index < -0.39 is 16.7 Å². The second-order valence-corrected chi connectivity index (χ2v) is 9.55. The van der Waals surface area contributed by atoms with Gasteiger partial charge in [-0.1, -0.05) is 25.6 Å². The molecule has 10 nitrogen and oxygen atoms in total. The van der Waals surface area contributed by atoms with E-state index in [4.69, 9.17) is 5.73 Å². The molecule has 1 saturated heterocycles. The van der Waals surface area contributed by atoms with Crippen molar-refractivity contribution in [1.29, 1.82) is 0 Å². The number of para-hydroxylation sites is 1. The summed E-state index contributed by atoms with van der Waals surface area (Å²) in [6.07, 6.45) is 3.68. The lowest BCUT2D eigenvalue weighted by atomic mass is 9.91. The van der Waals surface area contributed by atoms with Gasteiger partial charge in [-0.2, -0.15) is 0 Å². The maximum Gasteiger partial charge on any atom is 0.282 e. The topological polar surface area (TPSA) is 143 Å². The molecule has 3 amide bonds. The first-order chi connectivity index (χ1) is 17.3. The van der Waals surface area contributed by atoms with Gasteiger partial charge in [0.05, 0.1) is 4.92 Å². The minimum atomic E-state index is -0.762. The molecule has 0 spiro atoms. The molecular weight excluding hydrogens is 474 g/mol. The number of amides is 3. The van der Waals surface area contributed by atoms with Crippen molar-refractivity contribution in [1.82, 2.24) is 14.8 Å². The molecule has 37 heavy (non-hydrogen) atoms. The molecule has 1 aromatic heterocycles. The number of aromatic amines is 1. The number of hydrogen-bond donors (Lipinski definition) is 2. The summed E-state index contributed by atoms with van der Waals surface area (Å²) in [5, 5.41) is 12.9. The standard InChI is InChI=1S/C26H27N5O5.CH4/c1-15-14-29(10-11-30(15)25(33)16-6-7-16)26(34)23-20(19(24(27)32)8-9-22(23)31(35)36)12-17-13-28-21-5-3-2-4-18(17)21;/h2-5,8-9,13,15-16,28H,6-7,10-12,14H2,1H3,(H2,27,32);1H4. The Morgan fingerprint density at radius 2 is 1.86 bits per heavy atom. The Morgan fingerprint density at radius 1 is 1.14 bits per heavy atom. The molecule has 1 saturated carbocycles. The Balaban J connectivity index is 0.00000320. The van der Waals surface area contributed by atoms with E-state index in [1.807, 2.05) is 31.2 Å². The third kappa shape index (κ3) is 4.78. The molecule has 2 aromatic carbocycles. The van der Waals surface area contributed by atoms with Crippen LogP contribution in [0.3, 0.4) is 0 Å². The fourth-order valence-electron chi connectivity index (χ4n) is 5.10. The number of nitrogens with two attached hydrogens (primary N) is 1. The van der Waals surface area contributed by atoms with Crippen molar-refractivity contribution in [2.75, 3.05) is 19.6 Å². The molecule has 10 heteroatoms. The summed E-state index contributed by atoms with van der Waals surface area (Å²) >= 11 is 0. The molecule has 3 aromatic rings. The Hall–Kier alpha value is -4.21. The number of piperazine rings is 1. The lowest BCUT2D eigenvalue weighted by Crippen LogP contribution is -2.56. The monoisotopic (exact) mass is 505 g/mol. The molecule has 1 aliphatic heterocycles. The summed E-state index contributed by atoms with van der Waals surface area (Å²) in [6.45, 7) is 2.75. The van der Waals surface area contributed by atoms with Crippen LogP contribution < -0.4 is 5.73 Å². The SMILES string of the molecule is C.CC1CN(C(=O)c2c([N+](=O)[O-])ccc(C(N)=O)c2Cc2c[nH]c3ccccc23)CCN1C(=O)C1CC1. The van der Waals surface area contributed by atoms with Crippen LogP contribution in [0.25, 0.3) is 10.9 Å². The number of nitro groups is 1. The lowest BCUT2D eigenvalue weighted by Gasteiger charge is -2.40. The highest BCUT2D eigenvalue weighted by molar-refractivity contribution is 6.05. The van der Waals surface area contributed by atoms with Crippen LogP contribution in [0.1, 0.15) is 59.0 Å². The van der Waals surface area contributed by atoms with Gasteiger partial charge in [-0.25, -0.2) is 0 Å². The van der Waals surface area contributed by atoms with Crippen LogP contribution in [0.2, 0.25) is 0 Å². The van der Waals surface area contributed by atoms with E-state index >= 15 is 0 Å². The van der Waals surface area contributed by atoms with Gasteiger partial charge in [0, 0.05) is 66.7 Å². The number of hydrogen-bond acceptors (Lipinski definition) is 5. The van der Waals surface area contributed by atoms with Crippen LogP contribution >= 0.6 is 0 Å². The minimum Gasteiger partial charge on any atom is -0.366 e. The highest BCUT2D eigenvalue weighted by atomic mass is 16.6. The Bertz CT molecular complexity index is 1390.